The largest absolute Gasteiger partial charge is 0.493 e. The van der Waals surface area contributed by atoms with Crippen LogP contribution in [0.3, 0.4) is 0 Å². The summed E-state index contributed by atoms with van der Waals surface area (Å²) in [6.45, 7) is 0.498. The van der Waals surface area contributed by atoms with Crippen LogP contribution in [0, 0.1) is 0 Å². The van der Waals surface area contributed by atoms with E-state index in [1.54, 1.807) is 18.2 Å². The Bertz CT molecular complexity index is 1550. The molecule has 2 aliphatic heterocycles. The molecule has 3 aromatic rings. The maximum absolute atomic E-state index is 14.6. The summed E-state index contributed by atoms with van der Waals surface area (Å²) in [5, 5.41) is 22.8. The monoisotopic (exact) mass is 538 g/mol. The second-order valence-electron chi connectivity index (χ2n) is 8.54. The molecule has 0 bridgehead atoms. The molecule has 2 aliphatic rings. The number of halogens is 5. The van der Waals surface area contributed by atoms with E-state index >= 15 is 0 Å². The maximum atomic E-state index is 14.6. The number of thiazole rings is 1. The van der Waals surface area contributed by atoms with Crippen LogP contribution in [0.2, 0.25) is 5.02 Å². The van der Waals surface area contributed by atoms with Crippen LogP contribution in [0.4, 0.5) is 17.6 Å². The minimum Gasteiger partial charge on any atom is -0.493 e. The number of aromatic hydroxyl groups is 1. The van der Waals surface area contributed by atoms with Crippen LogP contribution >= 0.6 is 22.9 Å². The molecule has 3 heterocycles. The average molecular weight is 539 g/mol. The highest BCUT2D eigenvalue weighted by molar-refractivity contribution is 7.10. The molecule has 0 spiro atoms. The zero-order chi connectivity index (χ0) is 25.6. The molecule has 0 amide bonds. The van der Waals surface area contributed by atoms with Gasteiger partial charge in [-0.2, -0.15) is 23.4 Å². The topological polar surface area (TPSA) is 79.0 Å². The van der Waals surface area contributed by atoms with Crippen molar-refractivity contribution in [2.24, 2.45) is 10.2 Å². The van der Waals surface area contributed by atoms with E-state index in [-0.39, 0.29) is 40.4 Å². The van der Waals surface area contributed by atoms with Crippen molar-refractivity contribution >= 4 is 34.7 Å². The number of aromatic nitrogens is 1. The van der Waals surface area contributed by atoms with Gasteiger partial charge in [0.1, 0.15) is 6.17 Å². The molecule has 188 valence electrons. The first-order valence-corrected chi connectivity index (χ1v) is 12.2. The lowest BCUT2D eigenvalue weighted by Gasteiger charge is -2.27. The number of hydrogen-bond acceptors (Lipinski definition) is 6. The Morgan fingerprint density at radius 1 is 1.25 bits per heavy atom. The standard InChI is InChI=1S/C24H19ClF4N4O2S/c25-15-3-1-13(17(9-15)24(27,28)29)8-16(12-2-4-19-14(7-12)10-31-32-19)21-22(34)33(23(35)36-21)20-5-6-30-11-18(20)26/h1-4,7,9-10,18,20,30,34H,5-6,8,11H2/t18-,20-/m1/s1. The number of rotatable bonds is 4. The summed E-state index contributed by atoms with van der Waals surface area (Å²) in [6.07, 6.45) is -4.55. The van der Waals surface area contributed by atoms with Gasteiger partial charge in [0.2, 0.25) is 5.88 Å². The lowest BCUT2D eigenvalue weighted by atomic mass is 9.96. The van der Waals surface area contributed by atoms with Gasteiger partial charge < -0.3 is 10.4 Å². The van der Waals surface area contributed by atoms with Crippen molar-refractivity contribution in [1.29, 1.82) is 0 Å². The van der Waals surface area contributed by atoms with E-state index in [9.17, 15) is 27.5 Å². The van der Waals surface area contributed by atoms with Gasteiger partial charge in [-0.05, 0) is 53.6 Å². The van der Waals surface area contributed by atoms with Crippen molar-refractivity contribution in [3.63, 3.8) is 0 Å². The molecule has 1 saturated heterocycles. The first-order chi connectivity index (χ1) is 17.1. The highest BCUT2D eigenvalue weighted by Crippen LogP contribution is 2.38. The molecule has 0 radical (unpaired) electrons. The quantitative estimate of drug-likeness (QED) is 0.499. The summed E-state index contributed by atoms with van der Waals surface area (Å²) in [4.78, 5) is 12.4. The molecule has 1 aromatic heterocycles. The number of nitrogens with one attached hydrogen (secondary N) is 1. The van der Waals surface area contributed by atoms with E-state index in [4.69, 9.17) is 11.6 Å². The van der Waals surface area contributed by atoms with Crippen LogP contribution in [0.5, 0.6) is 5.88 Å². The summed E-state index contributed by atoms with van der Waals surface area (Å²) in [7, 11) is 0. The summed E-state index contributed by atoms with van der Waals surface area (Å²) in [6, 6.07) is 7.59. The lowest BCUT2D eigenvalue weighted by Crippen LogP contribution is -2.41. The fourth-order valence-electron chi connectivity index (χ4n) is 4.53. The van der Waals surface area contributed by atoms with Gasteiger partial charge in [0.15, 0.2) is 0 Å². The van der Waals surface area contributed by atoms with Crippen molar-refractivity contribution in [1.82, 2.24) is 9.88 Å². The number of piperidine rings is 1. The molecule has 5 rings (SSSR count). The van der Waals surface area contributed by atoms with Crippen molar-refractivity contribution in [2.45, 2.75) is 31.2 Å². The third-order valence-corrected chi connectivity index (χ3v) is 7.52. The maximum Gasteiger partial charge on any atom is 0.416 e. The van der Waals surface area contributed by atoms with Crippen molar-refractivity contribution in [2.75, 3.05) is 13.1 Å². The Labute approximate surface area is 210 Å². The smallest absolute Gasteiger partial charge is 0.416 e. The Hall–Kier alpha value is -3.02. The van der Waals surface area contributed by atoms with E-state index in [2.05, 4.69) is 15.5 Å². The van der Waals surface area contributed by atoms with Crippen molar-refractivity contribution in [3.8, 4) is 5.88 Å². The fraction of sp³-hybridized carbons (Fsp3) is 0.292. The van der Waals surface area contributed by atoms with Gasteiger partial charge in [0, 0.05) is 23.6 Å². The van der Waals surface area contributed by atoms with Gasteiger partial charge >= 0.3 is 11.0 Å². The van der Waals surface area contributed by atoms with Gasteiger partial charge in [-0.25, -0.2) is 4.39 Å². The number of benzene rings is 2. The summed E-state index contributed by atoms with van der Waals surface area (Å²) in [5.74, 6) is -0.462. The molecule has 0 unspecified atom stereocenters. The van der Waals surface area contributed by atoms with E-state index in [0.717, 1.165) is 10.6 Å². The predicted octanol–water partition coefficient (Wildman–Crippen LogP) is 3.57. The molecule has 2 N–H and O–H groups in total. The van der Waals surface area contributed by atoms with Crippen LogP contribution in [0.1, 0.15) is 34.0 Å². The second kappa shape index (κ2) is 9.45. The molecule has 0 saturated carbocycles. The Morgan fingerprint density at radius 3 is 2.81 bits per heavy atom. The molecule has 2 atom stereocenters. The minimum atomic E-state index is -4.67. The van der Waals surface area contributed by atoms with E-state index < -0.39 is 34.7 Å². The van der Waals surface area contributed by atoms with Crippen LogP contribution in [-0.4, -0.2) is 35.1 Å². The molecular formula is C24H19ClF4N4O2S. The van der Waals surface area contributed by atoms with Crippen LogP contribution in [0.15, 0.2) is 51.4 Å². The number of hydrogen-bond donors (Lipinski definition) is 2. The van der Waals surface area contributed by atoms with Gasteiger partial charge in [-0.1, -0.05) is 35.1 Å². The van der Waals surface area contributed by atoms with Gasteiger partial charge in [0.05, 0.1) is 28.1 Å². The first-order valence-electron chi connectivity index (χ1n) is 11.0. The van der Waals surface area contributed by atoms with Gasteiger partial charge in [-0.3, -0.25) is 9.36 Å². The number of nitrogens with zero attached hydrogens (tertiary/aromatic N) is 3. The third-order valence-electron chi connectivity index (χ3n) is 6.28. The first kappa shape index (κ1) is 24.7. The Morgan fingerprint density at radius 2 is 2.06 bits per heavy atom. The number of fused-ring (bicyclic) bond motifs is 1. The van der Waals surface area contributed by atoms with Crippen LogP contribution < -0.4 is 20.8 Å². The van der Waals surface area contributed by atoms with Crippen LogP contribution in [0.25, 0.3) is 5.57 Å². The van der Waals surface area contributed by atoms with E-state index in [1.807, 2.05) is 0 Å². The molecule has 2 aromatic carbocycles. The van der Waals surface area contributed by atoms with Crippen LogP contribution in [-0.2, 0) is 12.6 Å². The highest BCUT2D eigenvalue weighted by Gasteiger charge is 2.35. The average Bonchev–Trinajstić information content (AvgIpc) is 3.41. The molecule has 0 aliphatic carbocycles. The van der Waals surface area contributed by atoms with Crippen molar-refractivity contribution < 1.29 is 22.7 Å². The lowest BCUT2D eigenvalue weighted by molar-refractivity contribution is -0.138. The molecular weight excluding hydrogens is 520 g/mol. The molecule has 6 nitrogen and oxygen atoms in total. The van der Waals surface area contributed by atoms with Crippen molar-refractivity contribution in [3.05, 3.63) is 83.2 Å². The fourth-order valence-corrected chi connectivity index (χ4v) is 5.70. The normalized spacial score (nSPS) is 20.2. The minimum absolute atomic E-state index is 0.0334. The number of alkyl halides is 4. The third kappa shape index (κ3) is 4.58. The van der Waals surface area contributed by atoms with E-state index in [0.29, 0.717) is 34.0 Å². The Balaban J connectivity index is 1.72. The van der Waals surface area contributed by atoms with Gasteiger partial charge in [-0.15, -0.1) is 0 Å². The highest BCUT2D eigenvalue weighted by atomic mass is 35.5. The molecule has 36 heavy (non-hydrogen) atoms. The van der Waals surface area contributed by atoms with Gasteiger partial charge in [0.25, 0.3) is 0 Å². The molecule has 1 fully saturated rings. The Kier molecular flexibility index (Phi) is 6.48. The summed E-state index contributed by atoms with van der Waals surface area (Å²) in [5.41, 5.74) is -0.0735. The predicted molar refractivity (Wildman–Crippen MR) is 129 cm³/mol. The second-order valence-corrected chi connectivity index (χ2v) is 9.94. The molecule has 12 heteroatoms. The van der Waals surface area contributed by atoms with E-state index in [1.165, 1.54) is 18.3 Å². The SMILES string of the molecule is O=c1sc(C(Cc2ccc(Cl)cc2C(F)(F)F)=c2ccc3c(c2)C=NN=3)c(O)n1[C@@H]1CCNC[C@H]1F. The zero-order valence-electron chi connectivity index (χ0n) is 18.5. The summed E-state index contributed by atoms with van der Waals surface area (Å²) < 4.78 is 57.2. The zero-order valence-corrected chi connectivity index (χ0v) is 20.1. The summed E-state index contributed by atoms with van der Waals surface area (Å²) >= 11 is 6.53.